The van der Waals surface area contributed by atoms with Crippen molar-refractivity contribution in [1.82, 2.24) is 9.13 Å². The summed E-state index contributed by atoms with van der Waals surface area (Å²) in [7, 11) is 3.79. The molecule has 1 aromatic carbocycles. The van der Waals surface area contributed by atoms with Crippen molar-refractivity contribution in [3.63, 3.8) is 0 Å². The first-order valence-electron chi connectivity index (χ1n) is 6.44. The second-order valence-corrected chi connectivity index (χ2v) is 5.14. The normalized spacial score (nSPS) is 11.2. The molecule has 2 aromatic heterocycles. The zero-order chi connectivity index (χ0) is 14.4. The van der Waals surface area contributed by atoms with E-state index in [9.17, 15) is 4.79 Å². The molecule has 0 aliphatic heterocycles. The minimum atomic E-state index is -0.907. The molecule has 0 atom stereocenters. The van der Waals surface area contributed by atoms with Crippen LogP contribution in [-0.2, 0) is 14.1 Å². The number of carboxylic acids is 1. The van der Waals surface area contributed by atoms with E-state index in [1.165, 1.54) is 5.56 Å². The maximum atomic E-state index is 11.2. The first-order chi connectivity index (χ1) is 9.49. The Morgan fingerprint density at radius 1 is 1.15 bits per heavy atom. The molecule has 3 aromatic rings. The topological polar surface area (TPSA) is 47.2 Å². The lowest BCUT2D eigenvalue weighted by Crippen LogP contribution is -2.04. The number of aromatic nitrogens is 2. The molecule has 4 heteroatoms. The van der Waals surface area contributed by atoms with Crippen LogP contribution in [0, 0.1) is 6.92 Å². The van der Waals surface area contributed by atoms with E-state index in [-0.39, 0.29) is 0 Å². The summed E-state index contributed by atoms with van der Waals surface area (Å²) in [5.74, 6) is -0.907. The van der Waals surface area contributed by atoms with Gasteiger partial charge in [0.2, 0.25) is 0 Å². The average Bonchev–Trinajstić information content (AvgIpc) is 2.90. The molecule has 1 N–H and O–H groups in total. The van der Waals surface area contributed by atoms with Crippen LogP contribution in [-0.4, -0.2) is 20.2 Å². The molecular weight excluding hydrogens is 252 g/mol. The highest BCUT2D eigenvalue weighted by molar-refractivity contribution is 5.97. The van der Waals surface area contributed by atoms with Gasteiger partial charge in [-0.15, -0.1) is 0 Å². The molecular formula is C16H16N2O2. The number of nitrogens with zero attached hydrogens (tertiary/aromatic N) is 2. The summed E-state index contributed by atoms with van der Waals surface area (Å²) >= 11 is 0. The Morgan fingerprint density at radius 2 is 1.90 bits per heavy atom. The second-order valence-electron chi connectivity index (χ2n) is 5.14. The first-order valence-corrected chi connectivity index (χ1v) is 6.44. The number of aromatic carboxylic acids is 1. The lowest BCUT2D eigenvalue weighted by Gasteiger charge is -2.04. The van der Waals surface area contributed by atoms with E-state index >= 15 is 0 Å². The first kappa shape index (κ1) is 12.5. The number of rotatable bonds is 2. The van der Waals surface area contributed by atoms with E-state index in [1.54, 1.807) is 17.7 Å². The van der Waals surface area contributed by atoms with E-state index < -0.39 is 5.97 Å². The van der Waals surface area contributed by atoms with E-state index in [0.29, 0.717) is 5.69 Å². The van der Waals surface area contributed by atoms with Gasteiger partial charge in [-0.3, -0.25) is 0 Å². The summed E-state index contributed by atoms with van der Waals surface area (Å²) in [6, 6.07) is 9.82. The molecule has 0 bridgehead atoms. The average molecular weight is 268 g/mol. The number of carboxylic acid groups (broad SMARTS) is 1. The fourth-order valence-electron chi connectivity index (χ4n) is 2.71. The van der Waals surface area contributed by atoms with Crippen molar-refractivity contribution in [2.45, 2.75) is 6.92 Å². The summed E-state index contributed by atoms with van der Waals surface area (Å²) < 4.78 is 3.79. The minimum Gasteiger partial charge on any atom is -0.477 e. The highest BCUT2D eigenvalue weighted by Crippen LogP contribution is 2.31. The number of hydrogen-bond donors (Lipinski definition) is 1. The van der Waals surface area contributed by atoms with Gasteiger partial charge in [-0.2, -0.15) is 0 Å². The van der Waals surface area contributed by atoms with Gasteiger partial charge in [-0.1, -0.05) is 11.6 Å². The molecule has 3 rings (SSSR count). The molecule has 0 saturated heterocycles. The van der Waals surface area contributed by atoms with Gasteiger partial charge in [0, 0.05) is 36.8 Å². The zero-order valence-corrected chi connectivity index (χ0v) is 11.7. The Morgan fingerprint density at radius 3 is 2.55 bits per heavy atom. The van der Waals surface area contributed by atoms with Gasteiger partial charge in [0.05, 0.1) is 5.69 Å². The summed E-state index contributed by atoms with van der Waals surface area (Å²) in [6.45, 7) is 2.06. The van der Waals surface area contributed by atoms with Crippen molar-refractivity contribution >= 4 is 16.9 Å². The Bertz CT molecular complexity index is 824. The molecule has 0 radical (unpaired) electrons. The fraction of sp³-hybridized carbons (Fsp3) is 0.188. The van der Waals surface area contributed by atoms with Gasteiger partial charge in [-0.25, -0.2) is 4.79 Å². The molecule has 102 valence electrons. The van der Waals surface area contributed by atoms with Crippen molar-refractivity contribution in [3.8, 4) is 11.3 Å². The third-order valence-corrected chi connectivity index (χ3v) is 3.76. The maximum Gasteiger partial charge on any atom is 0.352 e. The van der Waals surface area contributed by atoms with E-state index in [2.05, 4.69) is 29.7 Å². The van der Waals surface area contributed by atoms with E-state index in [4.69, 9.17) is 5.11 Å². The third kappa shape index (κ3) is 1.72. The number of carbonyl (C=O) groups is 1. The molecule has 0 amide bonds. The second kappa shape index (κ2) is 4.27. The Hall–Kier alpha value is -2.49. The standard InChI is InChI=1S/C16H16N2O2/c1-10-4-5-13-11(8-10)12(9-17(13)2)14-6-7-15(16(19)20)18(14)3/h4-9H,1-3H3,(H,19,20). The molecule has 20 heavy (non-hydrogen) atoms. The van der Waals surface area contributed by atoms with Crippen LogP contribution in [0.15, 0.2) is 36.5 Å². The largest absolute Gasteiger partial charge is 0.477 e. The fourth-order valence-corrected chi connectivity index (χ4v) is 2.71. The smallest absolute Gasteiger partial charge is 0.352 e. The Kier molecular flexibility index (Phi) is 2.67. The van der Waals surface area contributed by atoms with Gasteiger partial charge < -0.3 is 14.2 Å². The summed E-state index contributed by atoms with van der Waals surface area (Å²) in [4.78, 5) is 11.2. The van der Waals surface area contributed by atoms with Crippen molar-refractivity contribution in [2.75, 3.05) is 0 Å². The van der Waals surface area contributed by atoms with Gasteiger partial charge in [0.25, 0.3) is 0 Å². The van der Waals surface area contributed by atoms with Crippen LogP contribution in [0.1, 0.15) is 16.1 Å². The number of benzene rings is 1. The van der Waals surface area contributed by atoms with E-state index in [1.807, 2.05) is 19.3 Å². The maximum absolute atomic E-state index is 11.2. The number of aryl methyl sites for hydroxylation is 2. The third-order valence-electron chi connectivity index (χ3n) is 3.76. The van der Waals surface area contributed by atoms with Crippen LogP contribution in [0.3, 0.4) is 0 Å². The molecule has 0 unspecified atom stereocenters. The van der Waals surface area contributed by atoms with E-state index in [0.717, 1.165) is 22.2 Å². The van der Waals surface area contributed by atoms with Crippen molar-refractivity contribution in [2.24, 2.45) is 14.1 Å². The SMILES string of the molecule is Cc1ccc2c(c1)c(-c1ccc(C(=O)O)n1C)cn2C. The van der Waals surface area contributed by atoms with Crippen LogP contribution >= 0.6 is 0 Å². The Balaban J connectivity index is 2.30. The minimum absolute atomic E-state index is 0.296. The highest BCUT2D eigenvalue weighted by atomic mass is 16.4. The van der Waals surface area contributed by atoms with Crippen LogP contribution in [0.25, 0.3) is 22.2 Å². The summed E-state index contributed by atoms with van der Waals surface area (Å²) in [6.07, 6.45) is 2.05. The molecule has 0 fully saturated rings. The predicted octanol–water partition coefficient (Wildman–Crippen LogP) is 3.19. The highest BCUT2D eigenvalue weighted by Gasteiger charge is 2.16. The van der Waals surface area contributed by atoms with Crippen molar-refractivity contribution < 1.29 is 9.90 Å². The molecule has 4 nitrogen and oxygen atoms in total. The van der Waals surface area contributed by atoms with Gasteiger partial charge in [0.15, 0.2) is 0 Å². The zero-order valence-electron chi connectivity index (χ0n) is 11.7. The number of fused-ring (bicyclic) bond motifs is 1. The van der Waals surface area contributed by atoms with Crippen molar-refractivity contribution in [1.29, 1.82) is 0 Å². The van der Waals surface area contributed by atoms with Crippen LogP contribution in [0.5, 0.6) is 0 Å². The van der Waals surface area contributed by atoms with Gasteiger partial charge in [0.1, 0.15) is 5.69 Å². The van der Waals surface area contributed by atoms with Crippen molar-refractivity contribution in [3.05, 3.63) is 47.8 Å². The molecule has 0 aliphatic rings. The lowest BCUT2D eigenvalue weighted by atomic mass is 10.1. The van der Waals surface area contributed by atoms with Crippen LogP contribution in [0.2, 0.25) is 0 Å². The number of hydrogen-bond acceptors (Lipinski definition) is 1. The quantitative estimate of drug-likeness (QED) is 0.776. The Labute approximate surface area is 116 Å². The molecule has 0 saturated carbocycles. The van der Waals surface area contributed by atoms with Gasteiger partial charge >= 0.3 is 5.97 Å². The monoisotopic (exact) mass is 268 g/mol. The lowest BCUT2D eigenvalue weighted by molar-refractivity contribution is 0.0687. The molecule has 0 aliphatic carbocycles. The molecule has 0 spiro atoms. The van der Waals surface area contributed by atoms with Gasteiger partial charge in [-0.05, 0) is 31.2 Å². The van der Waals surface area contributed by atoms with Crippen LogP contribution < -0.4 is 0 Å². The summed E-state index contributed by atoms with van der Waals surface area (Å²) in [5, 5.41) is 10.3. The summed E-state index contributed by atoms with van der Waals surface area (Å²) in [5.41, 5.74) is 4.60. The molecule has 2 heterocycles. The van der Waals surface area contributed by atoms with Crippen LogP contribution in [0.4, 0.5) is 0 Å². The predicted molar refractivity (Wildman–Crippen MR) is 79.0 cm³/mol.